The Morgan fingerprint density at radius 3 is 2.59 bits per heavy atom. The van der Waals surface area contributed by atoms with Crippen molar-refractivity contribution in [2.75, 3.05) is 6.54 Å². The number of benzene rings is 2. The molecule has 0 saturated heterocycles. The highest BCUT2D eigenvalue weighted by Crippen LogP contribution is 2.11. The molecule has 0 aliphatic carbocycles. The molecule has 4 heteroatoms. The normalized spacial score (nSPS) is 10.6. The van der Waals surface area contributed by atoms with Gasteiger partial charge in [-0.2, -0.15) is 0 Å². The molecule has 0 aliphatic heterocycles. The first-order valence-corrected chi connectivity index (χ1v) is 7.11. The van der Waals surface area contributed by atoms with Crippen molar-refractivity contribution in [1.29, 1.82) is 0 Å². The van der Waals surface area contributed by atoms with Gasteiger partial charge in [0.25, 0.3) is 5.91 Å². The molecule has 3 aromatic rings. The summed E-state index contributed by atoms with van der Waals surface area (Å²) in [4.78, 5) is 16.4. The summed E-state index contributed by atoms with van der Waals surface area (Å²) < 4.78 is 12.8. The quantitative estimate of drug-likeness (QED) is 0.802. The van der Waals surface area contributed by atoms with Gasteiger partial charge in [0.2, 0.25) is 0 Å². The van der Waals surface area contributed by atoms with Crippen LogP contribution in [0.15, 0.2) is 60.7 Å². The molecule has 1 aromatic heterocycles. The Kier molecular flexibility index (Phi) is 4.10. The highest BCUT2D eigenvalue weighted by molar-refractivity contribution is 5.94. The fourth-order valence-electron chi connectivity index (χ4n) is 2.25. The molecule has 1 heterocycles. The summed E-state index contributed by atoms with van der Waals surface area (Å²) in [6.07, 6.45) is 0.652. The summed E-state index contributed by atoms with van der Waals surface area (Å²) in [7, 11) is 0. The van der Waals surface area contributed by atoms with Gasteiger partial charge in [0.05, 0.1) is 5.52 Å². The summed E-state index contributed by atoms with van der Waals surface area (Å²) in [6.45, 7) is 0.485. The number of nitrogens with zero attached hydrogens (tertiary/aromatic N) is 1. The minimum Gasteiger partial charge on any atom is -0.350 e. The third-order valence-corrected chi connectivity index (χ3v) is 3.44. The van der Waals surface area contributed by atoms with E-state index in [1.165, 1.54) is 12.1 Å². The van der Waals surface area contributed by atoms with Crippen LogP contribution in [0.3, 0.4) is 0 Å². The van der Waals surface area contributed by atoms with E-state index in [2.05, 4.69) is 10.3 Å². The van der Waals surface area contributed by atoms with E-state index in [1.807, 2.05) is 30.3 Å². The van der Waals surface area contributed by atoms with Crippen LogP contribution in [0.5, 0.6) is 0 Å². The molecule has 1 N–H and O–H groups in total. The fourth-order valence-corrected chi connectivity index (χ4v) is 2.25. The van der Waals surface area contributed by atoms with Crippen molar-refractivity contribution in [3.8, 4) is 0 Å². The topological polar surface area (TPSA) is 42.0 Å². The second kappa shape index (κ2) is 6.35. The van der Waals surface area contributed by atoms with Crippen LogP contribution in [-0.4, -0.2) is 17.4 Å². The SMILES string of the molecule is O=C(NCCc1ccc(F)cc1)c1ccc2ccccc2n1. The first-order valence-electron chi connectivity index (χ1n) is 7.11. The average molecular weight is 294 g/mol. The highest BCUT2D eigenvalue weighted by Gasteiger charge is 2.07. The molecule has 0 fully saturated rings. The van der Waals surface area contributed by atoms with E-state index in [0.29, 0.717) is 18.7 Å². The van der Waals surface area contributed by atoms with Gasteiger partial charge >= 0.3 is 0 Å². The van der Waals surface area contributed by atoms with Crippen LogP contribution in [-0.2, 0) is 6.42 Å². The summed E-state index contributed by atoms with van der Waals surface area (Å²) >= 11 is 0. The number of rotatable bonds is 4. The molecule has 3 nitrogen and oxygen atoms in total. The minimum atomic E-state index is -0.256. The second-order valence-electron chi connectivity index (χ2n) is 5.02. The van der Waals surface area contributed by atoms with E-state index in [-0.39, 0.29) is 11.7 Å². The fraction of sp³-hybridized carbons (Fsp3) is 0.111. The van der Waals surface area contributed by atoms with Gasteiger partial charge in [0.15, 0.2) is 0 Å². The van der Waals surface area contributed by atoms with Gasteiger partial charge in [-0.25, -0.2) is 9.37 Å². The highest BCUT2D eigenvalue weighted by atomic mass is 19.1. The third kappa shape index (κ3) is 3.28. The van der Waals surface area contributed by atoms with Crippen LogP contribution in [0.25, 0.3) is 10.9 Å². The van der Waals surface area contributed by atoms with Crippen LogP contribution >= 0.6 is 0 Å². The Morgan fingerprint density at radius 2 is 1.77 bits per heavy atom. The number of para-hydroxylation sites is 1. The van der Waals surface area contributed by atoms with Crippen LogP contribution < -0.4 is 5.32 Å². The Balaban J connectivity index is 1.62. The molecule has 0 aliphatic rings. The minimum absolute atomic E-state index is 0.201. The second-order valence-corrected chi connectivity index (χ2v) is 5.02. The van der Waals surface area contributed by atoms with Crippen LogP contribution in [0.1, 0.15) is 16.1 Å². The lowest BCUT2D eigenvalue weighted by Gasteiger charge is -2.06. The van der Waals surface area contributed by atoms with Crippen LogP contribution in [0, 0.1) is 5.82 Å². The number of amides is 1. The van der Waals surface area contributed by atoms with Crippen molar-refractivity contribution in [2.24, 2.45) is 0 Å². The number of carbonyl (C=O) groups excluding carboxylic acids is 1. The van der Waals surface area contributed by atoms with E-state index < -0.39 is 0 Å². The average Bonchev–Trinajstić information content (AvgIpc) is 2.56. The molecule has 1 amide bonds. The number of hydrogen-bond donors (Lipinski definition) is 1. The van der Waals surface area contributed by atoms with E-state index in [1.54, 1.807) is 18.2 Å². The molecular weight excluding hydrogens is 279 g/mol. The molecule has 2 aromatic carbocycles. The van der Waals surface area contributed by atoms with Crippen molar-refractivity contribution in [3.63, 3.8) is 0 Å². The Bertz CT molecular complexity index is 800. The molecule has 22 heavy (non-hydrogen) atoms. The maximum atomic E-state index is 12.8. The largest absolute Gasteiger partial charge is 0.350 e. The maximum Gasteiger partial charge on any atom is 0.269 e. The summed E-state index contributed by atoms with van der Waals surface area (Å²) in [5.74, 6) is -0.457. The standard InChI is InChI=1S/C18H15FN2O/c19-15-8-5-13(6-9-15)11-12-20-18(22)17-10-7-14-3-1-2-4-16(14)21-17/h1-10H,11-12H2,(H,20,22). The van der Waals surface area contributed by atoms with Crippen molar-refractivity contribution in [2.45, 2.75) is 6.42 Å². The van der Waals surface area contributed by atoms with Gasteiger partial charge < -0.3 is 5.32 Å². The van der Waals surface area contributed by atoms with E-state index in [4.69, 9.17) is 0 Å². The predicted molar refractivity (Wildman–Crippen MR) is 84.2 cm³/mol. The molecule has 0 unspecified atom stereocenters. The first-order chi connectivity index (χ1) is 10.7. The number of aromatic nitrogens is 1. The number of carbonyl (C=O) groups is 1. The van der Waals surface area contributed by atoms with Crippen LogP contribution in [0.4, 0.5) is 4.39 Å². The zero-order valence-corrected chi connectivity index (χ0v) is 11.9. The van der Waals surface area contributed by atoms with Crippen molar-refractivity contribution in [3.05, 3.63) is 77.7 Å². The number of halogens is 1. The molecule has 0 bridgehead atoms. The summed E-state index contributed by atoms with van der Waals surface area (Å²) in [6, 6.07) is 17.5. The lowest BCUT2D eigenvalue weighted by molar-refractivity contribution is 0.0949. The van der Waals surface area contributed by atoms with E-state index >= 15 is 0 Å². The lowest BCUT2D eigenvalue weighted by Crippen LogP contribution is -2.26. The van der Waals surface area contributed by atoms with Crippen molar-refractivity contribution in [1.82, 2.24) is 10.3 Å². The Hall–Kier alpha value is -2.75. The third-order valence-electron chi connectivity index (χ3n) is 3.44. The summed E-state index contributed by atoms with van der Waals surface area (Å²) in [5, 5.41) is 3.84. The van der Waals surface area contributed by atoms with Gasteiger partial charge in [-0.15, -0.1) is 0 Å². The molecule has 110 valence electrons. The van der Waals surface area contributed by atoms with Gasteiger partial charge in [0, 0.05) is 11.9 Å². The number of nitrogens with one attached hydrogen (secondary N) is 1. The molecular formula is C18H15FN2O. The lowest BCUT2D eigenvalue weighted by atomic mass is 10.1. The van der Waals surface area contributed by atoms with Gasteiger partial charge in [-0.3, -0.25) is 4.79 Å². The Morgan fingerprint density at radius 1 is 1.00 bits per heavy atom. The zero-order chi connectivity index (χ0) is 15.4. The molecule has 0 radical (unpaired) electrons. The molecule has 0 spiro atoms. The predicted octanol–water partition coefficient (Wildman–Crippen LogP) is 3.35. The van der Waals surface area contributed by atoms with E-state index in [9.17, 15) is 9.18 Å². The van der Waals surface area contributed by atoms with Gasteiger partial charge in [-0.05, 0) is 36.2 Å². The maximum absolute atomic E-state index is 12.8. The van der Waals surface area contributed by atoms with Crippen LogP contribution in [0.2, 0.25) is 0 Å². The van der Waals surface area contributed by atoms with E-state index in [0.717, 1.165) is 16.5 Å². The first kappa shape index (κ1) is 14.2. The van der Waals surface area contributed by atoms with Crippen molar-refractivity contribution < 1.29 is 9.18 Å². The number of fused-ring (bicyclic) bond motifs is 1. The Labute approximate surface area is 127 Å². The zero-order valence-electron chi connectivity index (χ0n) is 11.9. The molecule has 0 atom stereocenters. The number of pyridine rings is 1. The van der Waals surface area contributed by atoms with Gasteiger partial charge in [0.1, 0.15) is 11.5 Å². The molecule has 3 rings (SSSR count). The summed E-state index contributed by atoms with van der Waals surface area (Å²) in [5.41, 5.74) is 2.18. The monoisotopic (exact) mass is 294 g/mol. The molecule has 0 saturated carbocycles. The van der Waals surface area contributed by atoms with Gasteiger partial charge in [-0.1, -0.05) is 36.4 Å². The van der Waals surface area contributed by atoms with Crippen molar-refractivity contribution >= 4 is 16.8 Å². The smallest absolute Gasteiger partial charge is 0.269 e. The number of hydrogen-bond acceptors (Lipinski definition) is 2.